The second-order valence-electron chi connectivity index (χ2n) is 4.96. The van der Waals surface area contributed by atoms with Crippen molar-refractivity contribution in [1.82, 2.24) is 9.97 Å². The number of halogens is 3. The van der Waals surface area contributed by atoms with E-state index in [0.717, 1.165) is 11.4 Å². The molecular weight excluding hydrogens is 425 g/mol. The predicted molar refractivity (Wildman–Crippen MR) is 100 cm³/mol. The van der Waals surface area contributed by atoms with E-state index >= 15 is 0 Å². The monoisotopic (exact) mass is 437 g/mol. The molecule has 1 aromatic carbocycles. The molecule has 0 fully saturated rings. The van der Waals surface area contributed by atoms with Gasteiger partial charge in [-0.25, -0.2) is 23.2 Å². The fourth-order valence-corrected chi connectivity index (χ4v) is 4.64. The fourth-order valence-electron chi connectivity index (χ4n) is 2.19. The highest BCUT2D eigenvalue weighted by Crippen LogP contribution is 2.34. The van der Waals surface area contributed by atoms with Gasteiger partial charge >= 0.3 is 5.97 Å². The Bertz CT molecular complexity index is 938. The van der Waals surface area contributed by atoms with Crippen molar-refractivity contribution >= 4 is 56.6 Å². The van der Waals surface area contributed by atoms with Crippen LogP contribution in [0.1, 0.15) is 23.0 Å². The van der Waals surface area contributed by atoms with Crippen LogP contribution in [0.4, 0.5) is 5.82 Å². The van der Waals surface area contributed by atoms with Crippen molar-refractivity contribution in [2.45, 2.75) is 12.7 Å². The van der Waals surface area contributed by atoms with E-state index in [9.17, 15) is 13.2 Å². The molecule has 0 bridgehead atoms. The van der Waals surface area contributed by atoms with Crippen molar-refractivity contribution in [2.75, 3.05) is 18.0 Å². The summed E-state index contributed by atoms with van der Waals surface area (Å²) in [5.74, 6) is -1.48. The number of nitrogens with zero attached hydrogens (tertiary/aromatic N) is 3. The van der Waals surface area contributed by atoms with Crippen LogP contribution in [-0.2, 0) is 20.5 Å². The van der Waals surface area contributed by atoms with E-state index < -0.39 is 21.7 Å². The van der Waals surface area contributed by atoms with E-state index in [2.05, 4.69) is 14.7 Å². The van der Waals surface area contributed by atoms with E-state index in [1.54, 1.807) is 6.92 Å². The molecule has 2 aromatic rings. The van der Waals surface area contributed by atoms with Crippen molar-refractivity contribution in [3.63, 3.8) is 0 Å². The number of methoxy groups -OCH3 is 1. The number of anilines is 1. The molecule has 0 N–H and O–H groups in total. The van der Waals surface area contributed by atoms with Gasteiger partial charge in [0.25, 0.3) is 0 Å². The molecule has 0 aliphatic carbocycles. The Labute approximate surface area is 165 Å². The van der Waals surface area contributed by atoms with Crippen LogP contribution < -0.4 is 4.31 Å². The van der Waals surface area contributed by atoms with Crippen molar-refractivity contribution in [3.8, 4) is 0 Å². The van der Waals surface area contributed by atoms with Crippen LogP contribution in [0.15, 0.2) is 24.5 Å². The number of esters is 1. The zero-order valence-electron chi connectivity index (χ0n) is 13.7. The Balaban J connectivity index is 2.51. The second kappa shape index (κ2) is 8.39. The number of aromatic nitrogens is 2. The molecule has 0 saturated carbocycles. The van der Waals surface area contributed by atoms with Gasteiger partial charge in [-0.2, -0.15) is 0 Å². The third-order valence-electron chi connectivity index (χ3n) is 3.38. The number of carbonyl (C=O) groups excluding carboxylic acids is 1. The second-order valence-corrected chi connectivity index (χ2v) is 8.05. The first-order valence-corrected chi connectivity index (χ1v) is 9.99. The average molecular weight is 439 g/mol. The number of rotatable bonds is 6. The summed E-state index contributed by atoms with van der Waals surface area (Å²) in [6.07, 6.45) is 2.54. The molecular formula is C15H14Cl3N3O4S. The summed E-state index contributed by atoms with van der Waals surface area (Å²) in [5.41, 5.74) is -0.0634. The van der Waals surface area contributed by atoms with Crippen LogP contribution in [0.5, 0.6) is 0 Å². The van der Waals surface area contributed by atoms with Gasteiger partial charge in [0.15, 0.2) is 11.5 Å². The molecule has 0 aliphatic heterocycles. The van der Waals surface area contributed by atoms with Crippen molar-refractivity contribution < 1.29 is 17.9 Å². The molecule has 1 aromatic heterocycles. The van der Waals surface area contributed by atoms with Gasteiger partial charge in [-0.1, -0.05) is 34.8 Å². The van der Waals surface area contributed by atoms with Crippen LogP contribution in [0.25, 0.3) is 0 Å². The zero-order valence-corrected chi connectivity index (χ0v) is 16.8. The first kappa shape index (κ1) is 20.7. The topological polar surface area (TPSA) is 89.5 Å². The Morgan fingerprint density at radius 2 is 1.77 bits per heavy atom. The summed E-state index contributed by atoms with van der Waals surface area (Å²) in [7, 11) is -2.85. The number of hydrogen-bond donors (Lipinski definition) is 0. The normalized spacial score (nSPS) is 11.3. The first-order valence-electron chi connectivity index (χ1n) is 7.25. The lowest BCUT2D eigenvalue weighted by atomic mass is 10.2. The van der Waals surface area contributed by atoms with Gasteiger partial charge in [0.2, 0.25) is 10.0 Å². The predicted octanol–water partition coefficient (Wildman–Crippen LogP) is 3.58. The molecule has 2 rings (SSSR count). The van der Waals surface area contributed by atoms with E-state index in [0.29, 0.717) is 0 Å². The van der Waals surface area contributed by atoms with Gasteiger partial charge in [0, 0.05) is 29.5 Å². The molecule has 7 nitrogen and oxygen atoms in total. The average Bonchev–Trinajstić information content (AvgIpc) is 2.62. The Morgan fingerprint density at radius 3 is 2.38 bits per heavy atom. The molecule has 0 atom stereocenters. The maximum atomic E-state index is 13.0. The molecule has 0 amide bonds. The zero-order chi connectivity index (χ0) is 19.5. The minimum atomic E-state index is -4.01. The van der Waals surface area contributed by atoms with Crippen molar-refractivity contribution in [1.29, 1.82) is 0 Å². The van der Waals surface area contributed by atoms with E-state index in [4.69, 9.17) is 34.8 Å². The highest BCUT2D eigenvalue weighted by molar-refractivity contribution is 7.92. The summed E-state index contributed by atoms with van der Waals surface area (Å²) in [6.45, 7) is 1.59. The largest absolute Gasteiger partial charge is 0.464 e. The van der Waals surface area contributed by atoms with E-state index in [-0.39, 0.29) is 38.7 Å². The Hall–Kier alpha value is -1.61. The molecule has 1 heterocycles. The molecule has 26 heavy (non-hydrogen) atoms. The van der Waals surface area contributed by atoms with Gasteiger partial charge in [-0.3, -0.25) is 4.31 Å². The smallest absolute Gasteiger partial charge is 0.360 e. The Kier molecular flexibility index (Phi) is 6.68. The quantitative estimate of drug-likeness (QED) is 0.506. The van der Waals surface area contributed by atoms with Gasteiger partial charge in [0.05, 0.1) is 22.9 Å². The maximum Gasteiger partial charge on any atom is 0.360 e. The third-order valence-corrected chi connectivity index (χ3v) is 6.34. The lowest BCUT2D eigenvalue weighted by Crippen LogP contribution is -2.34. The molecule has 0 unspecified atom stereocenters. The van der Waals surface area contributed by atoms with E-state index in [1.165, 1.54) is 24.5 Å². The summed E-state index contributed by atoms with van der Waals surface area (Å²) in [6, 6.07) is 2.93. The molecule has 140 valence electrons. The van der Waals surface area contributed by atoms with Gasteiger partial charge < -0.3 is 4.74 Å². The van der Waals surface area contributed by atoms with Crippen LogP contribution in [0, 0.1) is 0 Å². The number of benzene rings is 1. The molecule has 0 aliphatic rings. The summed E-state index contributed by atoms with van der Waals surface area (Å²) in [4.78, 5) is 19.7. The number of ether oxygens (including phenoxy) is 1. The fraction of sp³-hybridized carbons (Fsp3) is 0.267. The third kappa shape index (κ3) is 4.20. The van der Waals surface area contributed by atoms with Crippen molar-refractivity contribution in [2.24, 2.45) is 0 Å². The minimum Gasteiger partial charge on any atom is -0.464 e. The maximum absolute atomic E-state index is 13.0. The van der Waals surface area contributed by atoms with Crippen molar-refractivity contribution in [3.05, 3.63) is 50.9 Å². The van der Waals surface area contributed by atoms with Crippen LogP contribution in [0.2, 0.25) is 15.1 Å². The molecule has 11 heteroatoms. The molecule has 0 saturated heterocycles. The van der Waals surface area contributed by atoms with Crippen LogP contribution in [0.3, 0.4) is 0 Å². The summed E-state index contributed by atoms with van der Waals surface area (Å²) >= 11 is 18.1. The SMILES string of the molecule is CCN(c1nccnc1C(=O)OC)S(=O)(=O)Cc1c(Cl)ccc(Cl)c1Cl. The van der Waals surface area contributed by atoms with Gasteiger partial charge in [-0.05, 0) is 19.1 Å². The lowest BCUT2D eigenvalue weighted by Gasteiger charge is -2.23. The van der Waals surface area contributed by atoms with Gasteiger partial charge in [0.1, 0.15) is 0 Å². The number of carbonyl (C=O) groups is 1. The molecule has 0 spiro atoms. The summed E-state index contributed by atoms with van der Waals surface area (Å²) < 4.78 is 31.5. The Morgan fingerprint density at radius 1 is 1.15 bits per heavy atom. The van der Waals surface area contributed by atoms with E-state index in [1.807, 2.05) is 0 Å². The van der Waals surface area contributed by atoms with Crippen LogP contribution >= 0.6 is 34.8 Å². The minimum absolute atomic E-state index is 0.000818. The highest BCUT2D eigenvalue weighted by Gasteiger charge is 2.30. The molecule has 0 radical (unpaired) electrons. The lowest BCUT2D eigenvalue weighted by molar-refractivity contribution is 0.0594. The standard InChI is InChI=1S/C15H14Cl3N3O4S/c1-3-21(14-13(15(22)25-2)19-6-7-20-14)26(23,24)8-9-10(16)4-5-11(17)12(9)18/h4-7H,3,8H2,1-2H3. The first-order chi connectivity index (χ1) is 12.2. The number of sulfonamides is 1. The van der Waals surface area contributed by atoms with Crippen LogP contribution in [-0.4, -0.2) is 38.0 Å². The highest BCUT2D eigenvalue weighted by atomic mass is 35.5. The summed E-state index contributed by atoms with van der Waals surface area (Å²) in [5, 5.41) is 0.386. The number of hydrogen-bond acceptors (Lipinski definition) is 6. The van der Waals surface area contributed by atoms with Gasteiger partial charge in [-0.15, -0.1) is 0 Å².